The lowest BCUT2D eigenvalue weighted by Crippen LogP contribution is -2.22. The van der Waals surface area contributed by atoms with Gasteiger partial charge in [-0.2, -0.15) is 5.26 Å². The first-order chi connectivity index (χ1) is 10.7. The van der Waals surface area contributed by atoms with E-state index in [0.29, 0.717) is 22.0 Å². The van der Waals surface area contributed by atoms with Gasteiger partial charge in [-0.25, -0.2) is 9.78 Å². The molecule has 0 bridgehead atoms. The minimum Gasteiger partial charge on any atom is -0.310 e. The maximum atomic E-state index is 11.3. The average molecular weight is 314 g/mol. The molecule has 0 saturated heterocycles. The van der Waals surface area contributed by atoms with E-state index in [9.17, 15) is 14.9 Å². The minimum absolute atomic E-state index is 0.389. The van der Waals surface area contributed by atoms with Crippen molar-refractivity contribution in [2.45, 2.75) is 36.5 Å². The van der Waals surface area contributed by atoms with Crippen LogP contribution in [-0.4, -0.2) is 15.0 Å². The Hall–Kier alpha value is -2.33. The number of aryl methyl sites for hydroxylation is 2. The Kier molecular flexibility index (Phi) is 4.11. The Bertz CT molecular complexity index is 835. The van der Waals surface area contributed by atoms with Crippen LogP contribution in [-0.2, 0) is 18.6 Å². The molecule has 0 aliphatic heterocycles. The topological polar surface area (TPSA) is 102 Å². The molecular weight excluding hydrogens is 300 g/mol. The van der Waals surface area contributed by atoms with E-state index in [1.165, 1.54) is 17.8 Å². The molecule has 2 aromatic rings. The summed E-state index contributed by atoms with van der Waals surface area (Å²) in [7, 11) is 0. The first-order valence-electron chi connectivity index (χ1n) is 7.04. The summed E-state index contributed by atoms with van der Waals surface area (Å²) < 4.78 is 0. The van der Waals surface area contributed by atoms with E-state index in [0.717, 1.165) is 36.9 Å². The van der Waals surface area contributed by atoms with E-state index < -0.39 is 11.2 Å². The molecule has 2 aromatic heterocycles. The summed E-state index contributed by atoms with van der Waals surface area (Å²) in [4.78, 5) is 31.8. The lowest BCUT2D eigenvalue weighted by molar-refractivity contribution is 0.660. The van der Waals surface area contributed by atoms with Gasteiger partial charge < -0.3 is 4.98 Å². The van der Waals surface area contributed by atoms with Crippen LogP contribution in [0.1, 0.15) is 35.4 Å². The molecule has 6 nitrogen and oxygen atoms in total. The minimum atomic E-state index is -0.526. The van der Waals surface area contributed by atoms with Crippen molar-refractivity contribution in [2.24, 2.45) is 0 Å². The number of rotatable bonds is 3. The fourth-order valence-corrected chi connectivity index (χ4v) is 3.43. The second-order valence-corrected chi connectivity index (χ2v) is 6.13. The van der Waals surface area contributed by atoms with Crippen LogP contribution >= 0.6 is 11.8 Å². The number of hydrogen-bond acceptors (Lipinski definition) is 5. The van der Waals surface area contributed by atoms with Gasteiger partial charge in [0.1, 0.15) is 11.1 Å². The normalized spacial score (nSPS) is 13.4. The SMILES string of the molecule is N#Cc1cc2c(nc1SCc1cc(=O)[nH]c(=O)[nH]1)CCCC2. The van der Waals surface area contributed by atoms with E-state index in [4.69, 9.17) is 0 Å². The third-order valence-corrected chi connectivity index (χ3v) is 4.61. The second-order valence-electron chi connectivity index (χ2n) is 5.17. The molecular formula is C15H14N4O2S. The first kappa shape index (κ1) is 14.6. The summed E-state index contributed by atoms with van der Waals surface area (Å²) in [5.41, 5.74) is 2.34. The highest BCUT2D eigenvalue weighted by molar-refractivity contribution is 7.98. The van der Waals surface area contributed by atoms with Gasteiger partial charge in [-0.3, -0.25) is 9.78 Å². The van der Waals surface area contributed by atoms with Crippen molar-refractivity contribution in [1.29, 1.82) is 5.26 Å². The Morgan fingerprint density at radius 3 is 2.82 bits per heavy atom. The highest BCUT2D eigenvalue weighted by atomic mass is 32.2. The van der Waals surface area contributed by atoms with E-state index in [-0.39, 0.29) is 0 Å². The van der Waals surface area contributed by atoms with Gasteiger partial charge in [-0.1, -0.05) is 11.8 Å². The zero-order valence-electron chi connectivity index (χ0n) is 11.8. The number of H-pyrrole nitrogens is 2. The highest BCUT2D eigenvalue weighted by Crippen LogP contribution is 2.28. The molecule has 2 N–H and O–H groups in total. The van der Waals surface area contributed by atoms with Crippen LogP contribution in [0, 0.1) is 11.3 Å². The zero-order chi connectivity index (χ0) is 15.5. The number of fused-ring (bicyclic) bond motifs is 1. The largest absolute Gasteiger partial charge is 0.325 e. The van der Waals surface area contributed by atoms with Gasteiger partial charge in [0.25, 0.3) is 5.56 Å². The molecule has 3 rings (SSSR count). The van der Waals surface area contributed by atoms with Crippen LogP contribution in [0.25, 0.3) is 0 Å². The summed E-state index contributed by atoms with van der Waals surface area (Å²) in [6.45, 7) is 0. The second kappa shape index (κ2) is 6.20. The van der Waals surface area contributed by atoms with Crippen LogP contribution in [0.5, 0.6) is 0 Å². The van der Waals surface area contributed by atoms with Crippen molar-refractivity contribution in [3.63, 3.8) is 0 Å². The summed E-state index contributed by atoms with van der Waals surface area (Å²) in [5.74, 6) is 0.389. The number of thioether (sulfide) groups is 1. The highest BCUT2D eigenvalue weighted by Gasteiger charge is 2.15. The number of aromatic nitrogens is 3. The van der Waals surface area contributed by atoms with Crippen LogP contribution in [0.2, 0.25) is 0 Å². The van der Waals surface area contributed by atoms with Crippen LogP contribution in [0.3, 0.4) is 0 Å². The molecule has 0 fully saturated rings. The van der Waals surface area contributed by atoms with Crippen molar-refractivity contribution in [3.05, 3.63) is 55.5 Å². The fraction of sp³-hybridized carbons (Fsp3) is 0.333. The average Bonchev–Trinajstić information content (AvgIpc) is 2.51. The summed E-state index contributed by atoms with van der Waals surface area (Å²) in [6, 6.07) is 5.45. The van der Waals surface area contributed by atoms with Crippen molar-refractivity contribution in [1.82, 2.24) is 15.0 Å². The quantitative estimate of drug-likeness (QED) is 0.836. The smallest absolute Gasteiger partial charge is 0.310 e. The number of nitrogens with one attached hydrogen (secondary N) is 2. The predicted octanol–water partition coefficient (Wildman–Crippen LogP) is 1.50. The Labute approximate surface area is 130 Å². The maximum Gasteiger partial charge on any atom is 0.325 e. The lowest BCUT2D eigenvalue weighted by atomic mass is 9.95. The number of nitriles is 1. The van der Waals surface area contributed by atoms with Crippen molar-refractivity contribution < 1.29 is 0 Å². The summed E-state index contributed by atoms with van der Waals surface area (Å²) in [5, 5.41) is 9.95. The van der Waals surface area contributed by atoms with Gasteiger partial charge in [0, 0.05) is 23.2 Å². The monoisotopic (exact) mass is 314 g/mol. The van der Waals surface area contributed by atoms with E-state index >= 15 is 0 Å². The van der Waals surface area contributed by atoms with Crippen molar-refractivity contribution >= 4 is 11.8 Å². The molecule has 1 aliphatic rings. The van der Waals surface area contributed by atoms with Gasteiger partial charge in [0.15, 0.2) is 0 Å². The van der Waals surface area contributed by atoms with Gasteiger partial charge in [-0.15, -0.1) is 0 Å². The Morgan fingerprint density at radius 2 is 2.05 bits per heavy atom. The molecule has 2 heterocycles. The van der Waals surface area contributed by atoms with Crippen LogP contribution < -0.4 is 11.2 Å². The van der Waals surface area contributed by atoms with Gasteiger partial charge in [0.05, 0.1) is 5.56 Å². The number of hydrogen-bond donors (Lipinski definition) is 2. The van der Waals surface area contributed by atoms with Gasteiger partial charge in [0.2, 0.25) is 0 Å². The Morgan fingerprint density at radius 1 is 1.23 bits per heavy atom. The summed E-state index contributed by atoms with van der Waals surface area (Å²) in [6.07, 6.45) is 4.18. The number of pyridine rings is 1. The third kappa shape index (κ3) is 3.12. The molecule has 7 heteroatoms. The van der Waals surface area contributed by atoms with E-state index in [1.807, 2.05) is 6.07 Å². The molecule has 112 valence electrons. The molecule has 0 amide bonds. The molecule has 1 aliphatic carbocycles. The fourth-order valence-electron chi connectivity index (χ4n) is 2.55. The Balaban J connectivity index is 1.87. The van der Waals surface area contributed by atoms with Gasteiger partial charge >= 0.3 is 5.69 Å². The number of aromatic amines is 2. The predicted molar refractivity (Wildman–Crippen MR) is 82.8 cm³/mol. The molecule has 0 spiro atoms. The molecule has 22 heavy (non-hydrogen) atoms. The summed E-state index contributed by atoms with van der Waals surface area (Å²) >= 11 is 1.36. The third-order valence-electron chi connectivity index (χ3n) is 3.57. The maximum absolute atomic E-state index is 11.3. The van der Waals surface area contributed by atoms with Crippen LogP contribution in [0.15, 0.2) is 26.7 Å². The van der Waals surface area contributed by atoms with E-state index in [1.54, 1.807) is 0 Å². The van der Waals surface area contributed by atoms with Crippen molar-refractivity contribution in [3.8, 4) is 6.07 Å². The van der Waals surface area contributed by atoms with Crippen LogP contribution in [0.4, 0.5) is 0 Å². The standard InChI is InChI=1S/C15H14N4O2S/c16-7-10-5-9-3-1-2-4-12(9)18-14(10)22-8-11-6-13(20)19-15(21)17-11/h5-6H,1-4,8H2,(H2,17,19,20,21). The zero-order valence-corrected chi connectivity index (χ0v) is 12.6. The van der Waals surface area contributed by atoms with E-state index in [2.05, 4.69) is 21.0 Å². The molecule has 0 radical (unpaired) electrons. The number of nitrogens with zero attached hydrogens (tertiary/aromatic N) is 2. The lowest BCUT2D eigenvalue weighted by Gasteiger charge is -2.16. The molecule has 0 saturated carbocycles. The molecule has 0 unspecified atom stereocenters. The molecule has 0 aromatic carbocycles. The first-order valence-corrected chi connectivity index (χ1v) is 8.02. The van der Waals surface area contributed by atoms with Crippen molar-refractivity contribution in [2.75, 3.05) is 0 Å². The molecule has 0 atom stereocenters. The van der Waals surface area contributed by atoms with Gasteiger partial charge in [-0.05, 0) is 37.3 Å².